The van der Waals surface area contributed by atoms with Crippen LogP contribution in [0.2, 0.25) is 0 Å². The summed E-state index contributed by atoms with van der Waals surface area (Å²) in [5.74, 6) is 0.0574. The maximum absolute atomic E-state index is 12.3. The van der Waals surface area contributed by atoms with E-state index in [0.717, 1.165) is 5.56 Å². The van der Waals surface area contributed by atoms with Gasteiger partial charge >= 0.3 is 0 Å². The molecule has 0 aromatic heterocycles. The Balaban J connectivity index is 2.94. The van der Waals surface area contributed by atoms with Gasteiger partial charge in [-0.1, -0.05) is 0 Å². The predicted octanol–water partition coefficient (Wildman–Crippen LogP) is 2.36. The highest BCUT2D eigenvalue weighted by atomic mass is 35.5. The molecule has 1 aromatic carbocycles. The molecule has 0 aliphatic rings. The summed E-state index contributed by atoms with van der Waals surface area (Å²) in [6.45, 7) is 0. The molecule has 0 aliphatic carbocycles. The van der Waals surface area contributed by atoms with Gasteiger partial charge in [0.15, 0.2) is 0 Å². The maximum atomic E-state index is 12.3. The van der Waals surface area contributed by atoms with E-state index in [1.54, 1.807) is 6.07 Å². The zero-order valence-electron chi connectivity index (χ0n) is 4.70. The van der Waals surface area contributed by atoms with Gasteiger partial charge in [0.1, 0.15) is 5.82 Å². The first-order valence-electron chi connectivity index (χ1n) is 2.54. The number of hydrogen-bond donors (Lipinski definition) is 0. The van der Waals surface area contributed by atoms with E-state index >= 15 is 0 Å². The fraction of sp³-hybridized carbons (Fsp3) is 0.143. The van der Waals surface area contributed by atoms with Gasteiger partial charge in [0.2, 0.25) is 0 Å². The summed E-state index contributed by atoms with van der Waals surface area (Å²) in [5, 5.41) is 0. The van der Waals surface area contributed by atoms with Crippen LogP contribution in [0.3, 0.4) is 0 Å². The molecule has 0 nitrogen and oxygen atoms in total. The van der Waals surface area contributed by atoms with Crippen LogP contribution in [0.1, 0.15) is 5.56 Å². The third-order valence-corrected chi connectivity index (χ3v) is 1.28. The summed E-state index contributed by atoms with van der Waals surface area (Å²) in [7, 11) is 0. The van der Waals surface area contributed by atoms with Crippen LogP contribution in [-0.4, -0.2) is 0 Å². The molecule has 0 N–H and O–H groups in total. The Morgan fingerprint density at radius 3 is 2.78 bits per heavy atom. The van der Waals surface area contributed by atoms with Crippen LogP contribution >= 0.6 is 11.6 Å². The fourth-order valence-electron chi connectivity index (χ4n) is 0.566. The van der Waals surface area contributed by atoms with Crippen molar-refractivity contribution >= 4 is 11.6 Å². The average molecular weight is 144 g/mol. The van der Waals surface area contributed by atoms with Crippen LogP contribution < -0.4 is 0 Å². The molecule has 0 atom stereocenters. The van der Waals surface area contributed by atoms with Crippen molar-refractivity contribution in [3.63, 3.8) is 0 Å². The molecule has 1 aromatic rings. The lowest BCUT2D eigenvalue weighted by atomic mass is 10.2. The van der Waals surface area contributed by atoms with E-state index in [2.05, 4.69) is 6.07 Å². The number of benzene rings is 1. The van der Waals surface area contributed by atoms with Crippen LogP contribution in [0, 0.1) is 11.9 Å². The van der Waals surface area contributed by atoms with Gasteiger partial charge in [-0.15, -0.1) is 11.6 Å². The highest BCUT2D eigenvalue weighted by Gasteiger charge is 1.90. The normalized spacial score (nSPS) is 9.56. The highest BCUT2D eigenvalue weighted by Crippen LogP contribution is 2.04. The third-order valence-electron chi connectivity index (χ3n) is 0.968. The van der Waals surface area contributed by atoms with E-state index < -0.39 is 0 Å². The van der Waals surface area contributed by atoms with Crippen molar-refractivity contribution in [2.24, 2.45) is 0 Å². The van der Waals surface area contributed by atoms with Crippen molar-refractivity contribution in [2.75, 3.05) is 0 Å². The van der Waals surface area contributed by atoms with Crippen molar-refractivity contribution in [2.45, 2.75) is 5.88 Å². The lowest BCUT2D eigenvalue weighted by Gasteiger charge is -1.91. The summed E-state index contributed by atoms with van der Waals surface area (Å²) >= 11 is 5.41. The van der Waals surface area contributed by atoms with Crippen LogP contribution in [0.15, 0.2) is 18.2 Å². The molecule has 9 heavy (non-hydrogen) atoms. The molecule has 47 valence electrons. The maximum Gasteiger partial charge on any atom is 0.124 e. The predicted molar refractivity (Wildman–Crippen MR) is 34.8 cm³/mol. The lowest BCUT2D eigenvalue weighted by Crippen LogP contribution is -1.78. The lowest BCUT2D eigenvalue weighted by molar-refractivity contribution is 0.626. The Morgan fingerprint density at radius 1 is 1.56 bits per heavy atom. The van der Waals surface area contributed by atoms with E-state index in [1.165, 1.54) is 12.1 Å². The first kappa shape index (κ1) is 6.56. The molecule has 0 bridgehead atoms. The fourth-order valence-corrected chi connectivity index (χ4v) is 0.720. The quantitative estimate of drug-likeness (QED) is 0.530. The van der Waals surface area contributed by atoms with Crippen LogP contribution in [0.4, 0.5) is 4.39 Å². The van der Waals surface area contributed by atoms with Gasteiger partial charge in [0.05, 0.1) is 0 Å². The van der Waals surface area contributed by atoms with Crippen molar-refractivity contribution in [1.82, 2.24) is 0 Å². The van der Waals surface area contributed by atoms with E-state index in [-0.39, 0.29) is 5.82 Å². The van der Waals surface area contributed by atoms with Gasteiger partial charge < -0.3 is 0 Å². The molecule has 1 rings (SSSR count). The highest BCUT2D eigenvalue weighted by molar-refractivity contribution is 6.17. The number of rotatable bonds is 1. The van der Waals surface area contributed by atoms with Gasteiger partial charge in [0, 0.05) is 5.88 Å². The molecule has 2 heteroatoms. The minimum atomic E-state index is -0.284. The second-order valence-corrected chi connectivity index (χ2v) is 1.96. The summed E-state index contributed by atoms with van der Waals surface area (Å²) < 4.78 is 12.3. The van der Waals surface area contributed by atoms with Crippen molar-refractivity contribution in [3.05, 3.63) is 35.6 Å². The molecule has 0 aliphatic heterocycles. The largest absolute Gasteiger partial charge is 0.207 e. The Morgan fingerprint density at radius 2 is 2.33 bits per heavy atom. The topological polar surface area (TPSA) is 0 Å². The van der Waals surface area contributed by atoms with Crippen molar-refractivity contribution < 1.29 is 4.39 Å². The summed E-state index contributed by atoms with van der Waals surface area (Å²) in [5.41, 5.74) is 0.761. The van der Waals surface area contributed by atoms with Gasteiger partial charge in [-0.2, -0.15) is 0 Å². The first-order valence-corrected chi connectivity index (χ1v) is 3.08. The van der Waals surface area contributed by atoms with E-state index in [0.29, 0.717) is 5.88 Å². The minimum Gasteiger partial charge on any atom is -0.207 e. The smallest absolute Gasteiger partial charge is 0.124 e. The average Bonchev–Trinajstić information content (AvgIpc) is 1.88. The molecule has 0 saturated heterocycles. The van der Waals surface area contributed by atoms with Crippen LogP contribution in [0.25, 0.3) is 0 Å². The van der Waals surface area contributed by atoms with E-state index in [1.807, 2.05) is 0 Å². The first-order chi connectivity index (χ1) is 4.33. The van der Waals surface area contributed by atoms with Crippen molar-refractivity contribution in [1.29, 1.82) is 0 Å². The number of alkyl halides is 1. The van der Waals surface area contributed by atoms with Crippen LogP contribution in [0.5, 0.6) is 0 Å². The number of hydrogen-bond acceptors (Lipinski definition) is 0. The summed E-state index contributed by atoms with van der Waals surface area (Å²) in [4.78, 5) is 0. The number of halogens is 2. The summed E-state index contributed by atoms with van der Waals surface area (Å²) in [6.07, 6.45) is 0. The van der Waals surface area contributed by atoms with Gasteiger partial charge in [-0.05, 0) is 29.8 Å². The van der Waals surface area contributed by atoms with Gasteiger partial charge in [0.25, 0.3) is 0 Å². The van der Waals surface area contributed by atoms with Crippen molar-refractivity contribution in [3.8, 4) is 0 Å². The molecule has 0 unspecified atom stereocenters. The molecule has 0 spiro atoms. The SMILES string of the molecule is Fc1c[c]cc(CCl)c1. The second-order valence-electron chi connectivity index (χ2n) is 1.69. The van der Waals surface area contributed by atoms with E-state index in [4.69, 9.17) is 11.6 Å². The van der Waals surface area contributed by atoms with Gasteiger partial charge in [-0.25, -0.2) is 4.39 Å². The summed E-state index contributed by atoms with van der Waals surface area (Å²) in [6, 6.07) is 6.95. The Labute approximate surface area is 58.3 Å². The second kappa shape index (κ2) is 2.83. The molecule has 0 fully saturated rings. The molecule has 0 saturated carbocycles. The molecular weight excluding hydrogens is 139 g/mol. The standard InChI is InChI=1S/C7H5ClF/c8-5-6-2-1-3-7(9)4-6/h2-4H,5H2. The molecule has 1 radical (unpaired) electrons. The molecule has 0 amide bonds. The minimum absolute atomic E-state index is 0.284. The Bertz CT molecular complexity index is 198. The zero-order chi connectivity index (χ0) is 6.69. The Kier molecular flexibility index (Phi) is 2.06. The zero-order valence-corrected chi connectivity index (χ0v) is 5.45. The third kappa shape index (κ3) is 1.68. The molecular formula is C7H5ClF. The van der Waals surface area contributed by atoms with Gasteiger partial charge in [-0.3, -0.25) is 0 Å². The van der Waals surface area contributed by atoms with E-state index in [9.17, 15) is 4.39 Å². The van der Waals surface area contributed by atoms with Crippen LogP contribution in [-0.2, 0) is 5.88 Å². The Hall–Kier alpha value is -0.560. The molecule has 0 heterocycles. The monoisotopic (exact) mass is 143 g/mol.